The number of carbonyl (C=O) groups is 2. The molecule has 28 heavy (non-hydrogen) atoms. The predicted octanol–water partition coefficient (Wildman–Crippen LogP) is 4.13. The highest BCUT2D eigenvalue weighted by atomic mass is 32.2. The fourth-order valence-electron chi connectivity index (χ4n) is 3.62. The van der Waals surface area contributed by atoms with Crippen LogP contribution in [0.3, 0.4) is 0 Å². The molecule has 2 aliphatic rings. The highest BCUT2D eigenvalue weighted by Gasteiger charge is 2.32. The van der Waals surface area contributed by atoms with Crippen LogP contribution in [-0.4, -0.2) is 54.4 Å². The molecule has 6 nitrogen and oxygen atoms in total. The van der Waals surface area contributed by atoms with E-state index in [4.69, 9.17) is 9.84 Å². The first-order valence-corrected chi connectivity index (χ1v) is 11.0. The third-order valence-corrected chi connectivity index (χ3v) is 6.21. The summed E-state index contributed by atoms with van der Waals surface area (Å²) in [5.41, 5.74) is 1.09. The number of ether oxygens (including phenoxy) is 1. The lowest BCUT2D eigenvalue weighted by atomic mass is 10.1. The number of benzene rings is 1. The van der Waals surface area contributed by atoms with Crippen LogP contribution in [0.1, 0.15) is 38.5 Å². The number of amides is 1. The summed E-state index contributed by atoms with van der Waals surface area (Å²) >= 11 is 1.95. The van der Waals surface area contributed by atoms with Crippen molar-refractivity contribution in [1.29, 1.82) is 0 Å². The average Bonchev–Trinajstić information content (AvgIpc) is 3.00. The number of thioether (sulfide) groups is 1. The lowest BCUT2D eigenvalue weighted by Crippen LogP contribution is -2.29. The standard InChI is InChI=1S/C20H27FN2O4S/c21-17-13-15(7-8-18(17)22-9-3-11-28-12-4-10-22)23-14-16(27-20(23)26)5-1-2-6-19(24)25/h7-8,13,16H,1-6,9-12,14H2,(H,24,25)/t16-/m1/s1. The number of nitrogens with zero attached hydrogens (tertiary/aromatic N) is 2. The SMILES string of the molecule is O=C(O)CCCC[C@@H]1CN(c2ccc(N3CCCSCCC3)c(F)c2)C(=O)O1. The molecule has 2 saturated heterocycles. The topological polar surface area (TPSA) is 70.1 Å². The highest BCUT2D eigenvalue weighted by molar-refractivity contribution is 7.99. The van der Waals surface area contributed by atoms with E-state index >= 15 is 0 Å². The Hall–Kier alpha value is -1.96. The number of hydrogen-bond donors (Lipinski definition) is 1. The molecule has 1 aromatic rings. The molecular formula is C20H27FN2O4S. The fraction of sp³-hybridized carbons (Fsp3) is 0.600. The summed E-state index contributed by atoms with van der Waals surface area (Å²) < 4.78 is 20.1. The minimum atomic E-state index is -0.820. The van der Waals surface area contributed by atoms with E-state index < -0.39 is 12.1 Å². The van der Waals surface area contributed by atoms with E-state index in [1.165, 1.54) is 11.0 Å². The van der Waals surface area contributed by atoms with E-state index in [0.29, 0.717) is 37.2 Å². The van der Waals surface area contributed by atoms with Crippen molar-refractivity contribution in [3.05, 3.63) is 24.0 Å². The molecule has 1 atom stereocenters. The maximum atomic E-state index is 14.8. The van der Waals surface area contributed by atoms with Gasteiger partial charge in [-0.1, -0.05) is 0 Å². The van der Waals surface area contributed by atoms with Crippen LogP contribution in [-0.2, 0) is 9.53 Å². The van der Waals surface area contributed by atoms with Gasteiger partial charge in [0.1, 0.15) is 11.9 Å². The molecule has 2 aliphatic heterocycles. The predicted molar refractivity (Wildman–Crippen MR) is 109 cm³/mol. The second kappa shape index (κ2) is 10.0. The molecule has 0 saturated carbocycles. The van der Waals surface area contributed by atoms with Gasteiger partial charge >= 0.3 is 12.1 Å². The quantitative estimate of drug-likeness (QED) is 0.682. The zero-order valence-corrected chi connectivity index (χ0v) is 16.8. The Morgan fingerprint density at radius 3 is 2.68 bits per heavy atom. The van der Waals surface area contributed by atoms with Gasteiger partial charge in [0, 0.05) is 19.5 Å². The summed E-state index contributed by atoms with van der Waals surface area (Å²) in [6.45, 7) is 2.05. The lowest BCUT2D eigenvalue weighted by molar-refractivity contribution is -0.137. The Bertz CT molecular complexity index is 695. The Kier molecular flexibility index (Phi) is 7.42. The number of cyclic esters (lactones) is 1. The molecule has 0 aliphatic carbocycles. The van der Waals surface area contributed by atoms with Crippen molar-refractivity contribution < 1.29 is 23.8 Å². The van der Waals surface area contributed by atoms with E-state index in [2.05, 4.69) is 4.90 Å². The molecular weight excluding hydrogens is 383 g/mol. The van der Waals surface area contributed by atoms with Crippen molar-refractivity contribution >= 4 is 35.2 Å². The van der Waals surface area contributed by atoms with Gasteiger partial charge in [-0.15, -0.1) is 0 Å². The van der Waals surface area contributed by atoms with Crippen LogP contribution in [0.15, 0.2) is 18.2 Å². The molecule has 0 unspecified atom stereocenters. The monoisotopic (exact) mass is 410 g/mol. The van der Waals surface area contributed by atoms with Crippen LogP contribution in [0.2, 0.25) is 0 Å². The molecule has 2 heterocycles. The number of carbonyl (C=O) groups excluding carboxylic acids is 1. The summed E-state index contributed by atoms with van der Waals surface area (Å²) in [5, 5.41) is 8.68. The van der Waals surface area contributed by atoms with Crippen molar-refractivity contribution in [1.82, 2.24) is 0 Å². The van der Waals surface area contributed by atoms with Crippen molar-refractivity contribution in [3.63, 3.8) is 0 Å². The van der Waals surface area contributed by atoms with Gasteiger partial charge < -0.3 is 14.7 Å². The van der Waals surface area contributed by atoms with Crippen LogP contribution in [0.25, 0.3) is 0 Å². The van der Waals surface area contributed by atoms with E-state index in [1.54, 1.807) is 12.1 Å². The molecule has 1 aromatic carbocycles. The zero-order chi connectivity index (χ0) is 19.9. The van der Waals surface area contributed by atoms with Gasteiger partial charge in [0.15, 0.2) is 0 Å². The third kappa shape index (κ3) is 5.53. The Balaban J connectivity index is 1.59. The molecule has 1 amide bonds. The first-order chi connectivity index (χ1) is 13.5. The number of hydrogen-bond acceptors (Lipinski definition) is 5. The molecule has 0 spiro atoms. The molecule has 0 radical (unpaired) electrons. The van der Waals surface area contributed by atoms with Crippen LogP contribution < -0.4 is 9.80 Å². The lowest BCUT2D eigenvalue weighted by Gasteiger charge is -2.27. The number of unbranched alkanes of at least 4 members (excludes halogenated alkanes) is 1. The van der Waals surface area contributed by atoms with Gasteiger partial charge in [-0.2, -0.15) is 11.8 Å². The second-order valence-electron chi connectivity index (χ2n) is 7.20. The van der Waals surface area contributed by atoms with Crippen LogP contribution in [0.4, 0.5) is 20.6 Å². The van der Waals surface area contributed by atoms with Crippen LogP contribution in [0, 0.1) is 5.82 Å². The molecule has 2 fully saturated rings. The van der Waals surface area contributed by atoms with Crippen molar-refractivity contribution in [3.8, 4) is 0 Å². The maximum Gasteiger partial charge on any atom is 0.414 e. The third-order valence-electron chi connectivity index (χ3n) is 5.06. The number of aliphatic carboxylic acids is 1. The number of anilines is 2. The second-order valence-corrected chi connectivity index (χ2v) is 8.42. The minimum absolute atomic E-state index is 0.117. The first-order valence-electron chi connectivity index (χ1n) is 9.87. The summed E-state index contributed by atoms with van der Waals surface area (Å²) in [6, 6.07) is 4.95. The number of carboxylic acid groups (broad SMARTS) is 1. The minimum Gasteiger partial charge on any atom is -0.481 e. The van der Waals surface area contributed by atoms with Gasteiger partial charge in [-0.25, -0.2) is 9.18 Å². The summed E-state index contributed by atoms with van der Waals surface area (Å²) in [7, 11) is 0. The van der Waals surface area contributed by atoms with Crippen molar-refractivity contribution in [2.24, 2.45) is 0 Å². The fourth-order valence-corrected chi connectivity index (χ4v) is 4.49. The number of halogens is 1. The van der Waals surface area contributed by atoms with Gasteiger partial charge in [-0.3, -0.25) is 9.69 Å². The Labute approximate surface area is 169 Å². The van der Waals surface area contributed by atoms with Gasteiger partial charge in [0.05, 0.1) is 17.9 Å². The molecule has 3 rings (SSSR count). The van der Waals surface area contributed by atoms with Crippen molar-refractivity contribution in [2.45, 2.75) is 44.6 Å². The maximum absolute atomic E-state index is 14.8. The van der Waals surface area contributed by atoms with Gasteiger partial charge in [-0.05, 0) is 61.8 Å². The molecule has 0 aromatic heterocycles. The first kappa shape index (κ1) is 20.8. The Morgan fingerprint density at radius 2 is 2.00 bits per heavy atom. The van der Waals surface area contributed by atoms with Gasteiger partial charge in [0.25, 0.3) is 0 Å². The molecule has 154 valence electrons. The number of rotatable bonds is 7. The summed E-state index contributed by atoms with van der Waals surface area (Å²) in [6.07, 6.45) is 3.28. The van der Waals surface area contributed by atoms with Crippen molar-refractivity contribution in [2.75, 3.05) is 40.9 Å². The number of carboxylic acids is 1. The van der Waals surface area contributed by atoms with E-state index in [9.17, 15) is 14.0 Å². The van der Waals surface area contributed by atoms with Crippen LogP contribution >= 0.6 is 11.8 Å². The summed E-state index contributed by atoms with van der Waals surface area (Å²) in [5.74, 6) is 1.07. The normalized spacial score (nSPS) is 20.6. The average molecular weight is 411 g/mol. The van der Waals surface area contributed by atoms with E-state index in [0.717, 1.165) is 37.4 Å². The summed E-state index contributed by atoms with van der Waals surface area (Å²) in [4.78, 5) is 26.3. The molecule has 8 heteroatoms. The van der Waals surface area contributed by atoms with Crippen LogP contribution in [0.5, 0.6) is 0 Å². The smallest absolute Gasteiger partial charge is 0.414 e. The van der Waals surface area contributed by atoms with Gasteiger partial charge in [0.2, 0.25) is 0 Å². The van der Waals surface area contributed by atoms with E-state index in [1.807, 2.05) is 11.8 Å². The molecule has 0 bridgehead atoms. The molecule has 1 N–H and O–H groups in total. The largest absolute Gasteiger partial charge is 0.481 e. The highest BCUT2D eigenvalue weighted by Crippen LogP contribution is 2.29. The van der Waals surface area contributed by atoms with E-state index in [-0.39, 0.29) is 18.3 Å². The zero-order valence-electron chi connectivity index (χ0n) is 15.9. The Morgan fingerprint density at radius 1 is 1.25 bits per heavy atom.